The molecule has 1 aliphatic heterocycles. The van der Waals surface area contributed by atoms with Gasteiger partial charge in [-0.25, -0.2) is 0 Å². The van der Waals surface area contributed by atoms with Crippen LogP contribution in [-0.2, 0) is 9.47 Å². The predicted molar refractivity (Wildman–Crippen MR) is 85.3 cm³/mol. The van der Waals surface area contributed by atoms with Crippen molar-refractivity contribution in [3.05, 3.63) is 23.8 Å². The summed E-state index contributed by atoms with van der Waals surface area (Å²) >= 11 is 0. The molecule has 1 fully saturated rings. The van der Waals surface area contributed by atoms with Gasteiger partial charge in [-0.15, -0.1) is 0 Å². The lowest BCUT2D eigenvalue weighted by atomic mass is 10.1. The van der Waals surface area contributed by atoms with E-state index in [1.54, 1.807) is 0 Å². The van der Waals surface area contributed by atoms with Crippen LogP contribution in [0.25, 0.3) is 0 Å². The molecular weight excluding hydrogens is 282 g/mol. The zero-order valence-electron chi connectivity index (χ0n) is 13.5. The number of rotatable bonds is 9. The van der Waals surface area contributed by atoms with Crippen LogP contribution < -0.4 is 15.2 Å². The maximum Gasteiger partial charge on any atom is 0.161 e. The number of hydrogen-bond donors (Lipinski definition) is 1. The van der Waals surface area contributed by atoms with E-state index in [9.17, 15) is 0 Å². The van der Waals surface area contributed by atoms with Gasteiger partial charge in [0, 0.05) is 6.42 Å². The topological polar surface area (TPSA) is 62.9 Å². The van der Waals surface area contributed by atoms with Crippen molar-refractivity contribution in [3.8, 4) is 11.5 Å². The lowest BCUT2D eigenvalue weighted by molar-refractivity contribution is -0.134. The zero-order valence-corrected chi connectivity index (χ0v) is 13.5. The van der Waals surface area contributed by atoms with Gasteiger partial charge in [-0.1, -0.05) is 6.07 Å². The van der Waals surface area contributed by atoms with E-state index < -0.39 is 0 Å². The largest absolute Gasteiger partial charge is 0.490 e. The first-order valence-electron chi connectivity index (χ1n) is 8.15. The van der Waals surface area contributed by atoms with Crippen molar-refractivity contribution < 1.29 is 18.9 Å². The number of ether oxygens (including phenoxy) is 4. The van der Waals surface area contributed by atoms with E-state index in [0.29, 0.717) is 26.4 Å². The minimum Gasteiger partial charge on any atom is -0.490 e. The third-order valence-corrected chi connectivity index (χ3v) is 3.57. The molecule has 2 unspecified atom stereocenters. The highest BCUT2D eigenvalue weighted by Crippen LogP contribution is 2.37. The molecule has 1 heterocycles. The van der Waals surface area contributed by atoms with Crippen LogP contribution in [0.3, 0.4) is 0 Å². The molecule has 0 bridgehead atoms. The zero-order chi connectivity index (χ0) is 15.8. The van der Waals surface area contributed by atoms with Gasteiger partial charge in [0.25, 0.3) is 0 Å². The molecule has 1 aliphatic rings. The molecule has 0 amide bonds. The Hall–Kier alpha value is -1.30. The summed E-state index contributed by atoms with van der Waals surface area (Å²) in [5.74, 6) is 1.56. The van der Waals surface area contributed by atoms with Gasteiger partial charge in [-0.05, 0) is 50.9 Å². The highest BCUT2D eigenvalue weighted by molar-refractivity contribution is 5.43. The molecule has 2 N–H and O–H groups in total. The van der Waals surface area contributed by atoms with Gasteiger partial charge in [-0.2, -0.15) is 0 Å². The second-order valence-electron chi connectivity index (χ2n) is 5.22. The summed E-state index contributed by atoms with van der Waals surface area (Å²) in [6, 6.07) is 6.01. The Morgan fingerprint density at radius 3 is 2.64 bits per heavy atom. The van der Waals surface area contributed by atoms with Crippen molar-refractivity contribution in [3.63, 3.8) is 0 Å². The van der Waals surface area contributed by atoms with Gasteiger partial charge in [-0.3, -0.25) is 0 Å². The minimum atomic E-state index is -0.126. The van der Waals surface area contributed by atoms with Gasteiger partial charge in [0.15, 0.2) is 17.8 Å². The van der Waals surface area contributed by atoms with Crippen LogP contribution in [0.4, 0.5) is 0 Å². The molecule has 0 saturated carbocycles. The molecule has 22 heavy (non-hydrogen) atoms. The van der Waals surface area contributed by atoms with Crippen LogP contribution in [-0.4, -0.2) is 32.7 Å². The van der Waals surface area contributed by atoms with Gasteiger partial charge < -0.3 is 24.7 Å². The molecule has 1 aromatic rings. The molecule has 5 heteroatoms. The minimum absolute atomic E-state index is 0.0535. The van der Waals surface area contributed by atoms with E-state index in [1.807, 2.05) is 32.0 Å². The first-order chi connectivity index (χ1) is 10.8. The maximum atomic E-state index is 5.97. The fraction of sp³-hybridized carbons (Fsp3) is 0.647. The van der Waals surface area contributed by atoms with Gasteiger partial charge in [0.1, 0.15) is 0 Å². The summed E-state index contributed by atoms with van der Waals surface area (Å²) < 4.78 is 22.9. The van der Waals surface area contributed by atoms with E-state index in [2.05, 4.69) is 0 Å². The molecule has 2 rings (SSSR count). The van der Waals surface area contributed by atoms with Crippen LogP contribution in [0.5, 0.6) is 11.5 Å². The Labute approximate surface area is 132 Å². The van der Waals surface area contributed by atoms with Crippen molar-refractivity contribution >= 4 is 0 Å². The normalized spacial score (nSPS) is 21.0. The third kappa shape index (κ3) is 4.60. The molecule has 5 nitrogen and oxygen atoms in total. The Bertz CT molecular complexity index is 452. The summed E-state index contributed by atoms with van der Waals surface area (Å²) in [5.41, 5.74) is 6.58. The smallest absolute Gasteiger partial charge is 0.161 e. The average Bonchev–Trinajstić information content (AvgIpc) is 2.99. The van der Waals surface area contributed by atoms with Gasteiger partial charge in [0.2, 0.25) is 0 Å². The van der Waals surface area contributed by atoms with Crippen molar-refractivity contribution in [1.82, 2.24) is 0 Å². The van der Waals surface area contributed by atoms with Crippen LogP contribution in [0.15, 0.2) is 18.2 Å². The lowest BCUT2D eigenvalue weighted by Gasteiger charge is -2.17. The van der Waals surface area contributed by atoms with E-state index in [4.69, 9.17) is 24.7 Å². The van der Waals surface area contributed by atoms with Crippen molar-refractivity contribution in [2.45, 2.75) is 45.5 Å². The predicted octanol–water partition coefficient (Wildman–Crippen LogP) is 3.03. The number of hydrogen-bond acceptors (Lipinski definition) is 5. The number of benzene rings is 1. The van der Waals surface area contributed by atoms with E-state index in [-0.39, 0.29) is 12.4 Å². The third-order valence-electron chi connectivity index (χ3n) is 3.57. The standard InChI is InChI=1S/C17H27NO4/c1-3-19-15-7-6-13(12-16(15)20-4-2)14-8-9-17(22-14)21-11-5-10-18/h6-7,12,14,17H,3-5,8-11,18H2,1-2H3. The van der Waals surface area contributed by atoms with Crippen molar-refractivity contribution in [2.24, 2.45) is 5.73 Å². The lowest BCUT2D eigenvalue weighted by Crippen LogP contribution is -2.14. The van der Waals surface area contributed by atoms with E-state index in [1.165, 1.54) is 0 Å². The highest BCUT2D eigenvalue weighted by Gasteiger charge is 2.27. The fourth-order valence-electron chi connectivity index (χ4n) is 2.54. The van der Waals surface area contributed by atoms with Crippen LogP contribution >= 0.6 is 0 Å². The molecule has 0 spiro atoms. The van der Waals surface area contributed by atoms with E-state index >= 15 is 0 Å². The molecule has 0 radical (unpaired) electrons. The van der Waals surface area contributed by atoms with Crippen molar-refractivity contribution in [1.29, 1.82) is 0 Å². The molecule has 1 saturated heterocycles. The highest BCUT2D eigenvalue weighted by atomic mass is 16.7. The molecular formula is C17H27NO4. The molecule has 124 valence electrons. The van der Waals surface area contributed by atoms with Gasteiger partial charge >= 0.3 is 0 Å². The average molecular weight is 309 g/mol. The van der Waals surface area contributed by atoms with Gasteiger partial charge in [0.05, 0.1) is 25.9 Å². The summed E-state index contributed by atoms with van der Waals surface area (Å²) in [4.78, 5) is 0. The van der Waals surface area contributed by atoms with Crippen molar-refractivity contribution in [2.75, 3.05) is 26.4 Å². The van der Waals surface area contributed by atoms with Crippen LogP contribution in [0.1, 0.15) is 44.8 Å². The summed E-state index contributed by atoms with van der Waals surface area (Å²) in [6.45, 7) is 6.47. The van der Waals surface area contributed by atoms with Crippen LogP contribution in [0, 0.1) is 0 Å². The maximum absolute atomic E-state index is 5.97. The fourth-order valence-corrected chi connectivity index (χ4v) is 2.54. The Morgan fingerprint density at radius 2 is 1.91 bits per heavy atom. The number of nitrogens with two attached hydrogens (primary N) is 1. The molecule has 2 atom stereocenters. The second kappa shape index (κ2) is 8.98. The first-order valence-corrected chi connectivity index (χ1v) is 8.15. The summed E-state index contributed by atoms with van der Waals surface area (Å²) in [5, 5.41) is 0. The summed E-state index contributed by atoms with van der Waals surface area (Å²) in [6.07, 6.45) is 2.65. The Morgan fingerprint density at radius 1 is 1.14 bits per heavy atom. The quantitative estimate of drug-likeness (QED) is 0.710. The van der Waals surface area contributed by atoms with Crippen LogP contribution in [0.2, 0.25) is 0 Å². The SMILES string of the molecule is CCOc1ccc(C2CCC(OCCCN)O2)cc1OCC. The molecule has 1 aromatic carbocycles. The van der Waals surface area contributed by atoms with E-state index in [0.717, 1.165) is 36.3 Å². The monoisotopic (exact) mass is 309 g/mol. The molecule has 0 aromatic heterocycles. The first kappa shape index (κ1) is 17.1. The molecule has 0 aliphatic carbocycles. The Balaban J connectivity index is 1.98. The summed E-state index contributed by atoms with van der Waals surface area (Å²) in [7, 11) is 0. The second-order valence-corrected chi connectivity index (χ2v) is 5.22. The Kier molecular flexibility index (Phi) is 6.96.